The van der Waals surface area contributed by atoms with E-state index < -0.39 is 0 Å². The molecule has 3 fully saturated rings. The van der Waals surface area contributed by atoms with Crippen LogP contribution in [-0.2, 0) is 0 Å². The van der Waals surface area contributed by atoms with Gasteiger partial charge >= 0.3 is 0 Å². The average molecular weight is 409 g/mol. The molecular weight excluding hydrogens is 372 g/mol. The van der Waals surface area contributed by atoms with Gasteiger partial charge < -0.3 is 14.9 Å². The van der Waals surface area contributed by atoms with Crippen molar-refractivity contribution in [2.75, 3.05) is 7.11 Å². The van der Waals surface area contributed by atoms with Crippen LogP contribution in [0.2, 0.25) is 0 Å². The van der Waals surface area contributed by atoms with Crippen molar-refractivity contribution in [1.29, 1.82) is 0 Å². The van der Waals surface area contributed by atoms with Gasteiger partial charge in [-0.3, -0.25) is 0 Å². The number of hydrogen-bond acceptors (Lipinski definition) is 3. The van der Waals surface area contributed by atoms with Crippen molar-refractivity contribution < 1.29 is 14.9 Å². The van der Waals surface area contributed by atoms with Crippen molar-refractivity contribution >= 4 is 6.08 Å². The fraction of sp³-hybridized carbons (Fsp3) is 0.630. The standard InChI is InChI=1S/C27H36O3/c1-26-12-10-20(28)16-19(26)6-9-22-23(26)11-13-27(2)24(22)15-18(25(27)29)14-17-4-7-21(30-3)8-5-17/h4-8,14,20,22-25,28-29H,9-13,15-16H2,1-3H3/b18-14-/t20-,22-,23+,24+,25+,26-,27+/m0/s1. The van der Waals surface area contributed by atoms with Gasteiger partial charge in [-0.2, -0.15) is 0 Å². The minimum atomic E-state index is -0.350. The fourth-order valence-corrected chi connectivity index (χ4v) is 7.55. The van der Waals surface area contributed by atoms with E-state index in [4.69, 9.17) is 4.74 Å². The van der Waals surface area contributed by atoms with E-state index in [1.807, 2.05) is 12.1 Å². The Bertz CT molecular complexity index is 869. The molecule has 0 saturated heterocycles. The van der Waals surface area contributed by atoms with E-state index in [0.29, 0.717) is 17.8 Å². The Kier molecular flexibility index (Phi) is 4.91. The Morgan fingerprint density at radius 3 is 2.50 bits per heavy atom. The van der Waals surface area contributed by atoms with Gasteiger partial charge in [0, 0.05) is 5.41 Å². The summed E-state index contributed by atoms with van der Waals surface area (Å²) in [6.45, 7) is 4.79. The quantitative estimate of drug-likeness (QED) is 0.647. The first kappa shape index (κ1) is 20.3. The molecule has 4 aliphatic rings. The van der Waals surface area contributed by atoms with Crippen LogP contribution in [0.25, 0.3) is 6.08 Å². The molecule has 3 heteroatoms. The monoisotopic (exact) mass is 408 g/mol. The molecule has 162 valence electrons. The van der Waals surface area contributed by atoms with Crippen LogP contribution in [0, 0.1) is 28.6 Å². The first-order chi connectivity index (χ1) is 14.3. The van der Waals surface area contributed by atoms with Crippen molar-refractivity contribution in [3.8, 4) is 5.75 Å². The van der Waals surface area contributed by atoms with Crippen molar-refractivity contribution in [2.24, 2.45) is 28.6 Å². The van der Waals surface area contributed by atoms with Gasteiger partial charge in [0.15, 0.2) is 0 Å². The maximum absolute atomic E-state index is 11.4. The summed E-state index contributed by atoms with van der Waals surface area (Å²) in [7, 11) is 1.69. The third kappa shape index (κ3) is 3.00. The molecule has 0 aliphatic heterocycles. The number of methoxy groups -OCH3 is 1. The largest absolute Gasteiger partial charge is 0.497 e. The Hall–Kier alpha value is -1.58. The summed E-state index contributed by atoms with van der Waals surface area (Å²) in [5.41, 5.74) is 4.08. The number of aliphatic hydroxyl groups is 2. The summed E-state index contributed by atoms with van der Waals surface area (Å²) in [4.78, 5) is 0. The van der Waals surface area contributed by atoms with Crippen LogP contribution in [0.15, 0.2) is 41.5 Å². The maximum Gasteiger partial charge on any atom is 0.118 e. The number of aliphatic hydroxyl groups excluding tert-OH is 2. The normalized spacial score (nSPS) is 44.1. The minimum absolute atomic E-state index is 0.0185. The first-order valence-corrected chi connectivity index (χ1v) is 11.8. The number of rotatable bonds is 2. The molecule has 3 nitrogen and oxygen atoms in total. The Balaban J connectivity index is 1.44. The van der Waals surface area contributed by atoms with Crippen LogP contribution < -0.4 is 4.74 Å². The molecule has 4 aliphatic carbocycles. The second-order valence-electron chi connectivity index (χ2n) is 10.8. The number of fused-ring (bicyclic) bond motifs is 5. The topological polar surface area (TPSA) is 49.7 Å². The van der Waals surface area contributed by atoms with Crippen LogP contribution in [0.4, 0.5) is 0 Å². The zero-order chi connectivity index (χ0) is 21.1. The van der Waals surface area contributed by atoms with E-state index in [1.54, 1.807) is 7.11 Å². The van der Waals surface area contributed by atoms with Gasteiger partial charge in [0.1, 0.15) is 5.75 Å². The second kappa shape index (κ2) is 7.24. The van der Waals surface area contributed by atoms with Crippen molar-refractivity contribution in [3.63, 3.8) is 0 Å². The van der Waals surface area contributed by atoms with E-state index >= 15 is 0 Å². The number of benzene rings is 1. The molecule has 0 radical (unpaired) electrons. The Morgan fingerprint density at radius 2 is 1.77 bits per heavy atom. The summed E-state index contributed by atoms with van der Waals surface area (Å²) in [6, 6.07) is 8.14. The molecule has 1 aromatic carbocycles. The van der Waals surface area contributed by atoms with E-state index in [-0.39, 0.29) is 23.0 Å². The zero-order valence-corrected chi connectivity index (χ0v) is 18.6. The Labute approximate surface area is 180 Å². The summed E-state index contributed by atoms with van der Waals surface area (Å²) >= 11 is 0. The van der Waals surface area contributed by atoms with Crippen LogP contribution in [0.3, 0.4) is 0 Å². The lowest BCUT2D eigenvalue weighted by Crippen LogP contribution is -2.51. The molecule has 30 heavy (non-hydrogen) atoms. The maximum atomic E-state index is 11.4. The number of ether oxygens (including phenoxy) is 1. The molecule has 3 saturated carbocycles. The highest BCUT2D eigenvalue weighted by Gasteiger charge is 2.59. The SMILES string of the molecule is COc1ccc(/C=C2/C[C@@H]3[C@H]4CC=C5C[C@@H](O)CC[C@]5(C)[C@@H]4CC[C@@]3(C)[C@@H]2O)cc1. The summed E-state index contributed by atoms with van der Waals surface area (Å²) in [5, 5.41) is 21.6. The lowest BCUT2D eigenvalue weighted by atomic mass is 9.48. The van der Waals surface area contributed by atoms with Gasteiger partial charge in [-0.1, -0.05) is 43.7 Å². The highest BCUT2D eigenvalue weighted by Crippen LogP contribution is 2.65. The molecule has 0 aromatic heterocycles. The highest BCUT2D eigenvalue weighted by atomic mass is 16.5. The highest BCUT2D eigenvalue weighted by molar-refractivity contribution is 5.56. The van der Waals surface area contributed by atoms with Crippen molar-refractivity contribution in [3.05, 3.63) is 47.1 Å². The zero-order valence-electron chi connectivity index (χ0n) is 18.6. The molecule has 0 spiro atoms. The van der Waals surface area contributed by atoms with Gasteiger partial charge in [0.05, 0.1) is 19.3 Å². The summed E-state index contributed by atoms with van der Waals surface area (Å²) in [6.07, 6.45) is 11.5. The van der Waals surface area contributed by atoms with Gasteiger partial charge in [-0.05, 0) is 91.4 Å². The van der Waals surface area contributed by atoms with E-state index in [9.17, 15) is 10.2 Å². The van der Waals surface area contributed by atoms with Gasteiger partial charge in [0.2, 0.25) is 0 Å². The van der Waals surface area contributed by atoms with Crippen molar-refractivity contribution in [2.45, 2.75) is 71.0 Å². The average Bonchev–Trinajstić information content (AvgIpc) is 3.00. The molecule has 5 rings (SSSR count). The van der Waals surface area contributed by atoms with Gasteiger partial charge in [-0.25, -0.2) is 0 Å². The smallest absolute Gasteiger partial charge is 0.118 e. The van der Waals surface area contributed by atoms with Crippen LogP contribution >= 0.6 is 0 Å². The molecule has 1 aromatic rings. The lowest BCUT2D eigenvalue weighted by Gasteiger charge is -2.57. The van der Waals surface area contributed by atoms with Crippen molar-refractivity contribution in [1.82, 2.24) is 0 Å². The molecular formula is C27H36O3. The molecule has 0 unspecified atom stereocenters. The van der Waals surface area contributed by atoms with Gasteiger partial charge in [-0.15, -0.1) is 0 Å². The number of hydrogen-bond donors (Lipinski definition) is 2. The van der Waals surface area contributed by atoms with Crippen LogP contribution in [0.5, 0.6) is 5.75 Å². The summed E-state index contributed by atoms with van der Waals surface area (Å²) < 4.78 is 5.28. The van der Waals surface area contributed by atoms with E-state index in [0.717, 1.165) is 49.8 Å². The molecule has 7 atom stereocenters. The molecule has 0 amide bonds. The van der Waals surface area contributed by atoms with Gasteiger partial charge in [0.25, 0.3) is 0 Å². The second-order valence-corrected chi connectivity index (χ2v) is 10.8. The third-order valence-electron chi connectivity index (χ3n) is 9.41. The Morgan fingerprint density at radius 1 is 1.00 bits per heavy atom. The minimum Gasteiger partial charge on any atom is -0.497 e. The molecule has 0 bridgehead atoms. The predicted molar refractivity (Wildman–Crippen MR) is 120 cm³/mol. The predicted octanol–water partition coefficient (Wildman–Crippen LogP) is 5.37. The lowest BCUT2D eigenvalue weighted by molar-refractivity contribution is -0.0685. The molecule has 0 heterocycles. The first-order valence-electron chi connectivity index (χ1n) is 11.8. The third-order valence-corrected chi connectivity index (χ3v) is 9.41. The van der Waals surface area contributed by atoms with E-state index in [2.05, 4.69) is 38.1 Å². The van der Waals surface area contributed by atoms with Crippen LogP contribution in [0.1, 0.15) is 64.4 Å². The van der Waals surface area contributed by atoms with E-state index in [1.165, 1.54) is 17.6 Å². The van der Waals surface area contributed by atoms with Crippen LogP contribution in [-0.4, -0.2) is 29.5 Å². The fourth-order valence-electron chi connectivity index (χ4n) is 7.55. The summed E-state index contributed by atoms with van der Waals surface area (Å²) in [5.74, 6) is 2.74. The number of allylic oxidation sites excluding steroid dienone is 1. The molecule has 2 N–H and O–H groups in total.